The second-order valence-electron chi connectivity index (χ2n) is 6.00. The van der Waals surface area contributed by atoms with Crippen LogP contribution in [0.15, 0.2) is 52.0 Å². The zero-order chi connectivity index (χ0) is 22.4. The van der Waals surface area contributed by atoms with Crippen molar-refractivity contribution in [2.24, 2.45) is 5.16 Å². The van der Waals surface area contributed by atoms with Crippen LogP contribution in [-0.4, -0.2) is 36.1 Å². The van der Waals surface area contributed by atoms with Crippen molar-refractivity contribution in [3.63, 3.8) is 0 Å². The van der Waals surface area contributed by atoms with Crippen molar-refractivity contribution in [2.75, 3.05) is 14.2 Å². The van der Waals surface area contributed by atoms with E-state index < -0.39 is 11.2 Å². The van der Waals surface area contributed by atoms with Crippen molar-refractivity contribution in [3.05, 3.63) is 75.4 Å². The van der Waals surface area contributed by atoms with Gasteiger partial charge < -0.3 is 18.7 Å². The number of carbonyl (C=O) groups is 1. The smallest absolute Gasteiger partial charge is 0.360 e. The van der Waals surface area contributed by atoms with Gasteiger partial charge in [-0.15, -0.1) is 10.2 Å². The molecule has 162 valence electrons. The van der Waals surface area contributed by atoms with Gasteiger partial charge in [0, 0.05) is 10.6 Å². The van der Waals surface area contributed by atoms with Gasteiger partial charge in [-0.25, -0.2) is 4.79 Å². The van der Waals surface area contributed by atoms with Gasteiger partial charge in [-0.1, -0.05) is 52.6 Å². The van der Waals surface area contributed by atoms with Gasteiger partial charge in [-0.2, -0.15) is 12.6 Å². The lowest BCUT2D eigenvalue weighted by Crippen LogP contribution is -2.20. The van der Waals surface area contributed by atoms with E-state index in [2.05, 4.69) is 28.0 Å². The minimum atomic E-state index is -0.658. The molecule has 0 N–H and O–H groups in total. The second-order valence-corrected chi connectivity index (χ2v) is 7.36. The lowest BCUT2D eigenvalue weighted by molar-refractivity contribution is -0.132. The number of oxime groups is 1. The Hall–Kier alpha value is -2.75. The molecule has 0 radical (unpaired) electrons. The molecule has 1 atom stereocenters. The Bertz CT molecular complexity index is 1110. The van der Waals surface area contributed by atoms with Crippen LogP contribution in [0.3, 0.4) is 0 Å². The molecule has 3 rings (SSSR count). The summed E-state index contributed by atoms with van der Waals surface area (Å²) in [6.45, 7) is -0.00492. The Morgan fingerprint density at radius 2 is 1.97 bits per heavy atom. The number of hydrogen-bond acceptors (Lipinski definition) is 9. The highest BCUT2D eigenvalue weighted by Crippen LogP contribution is 2.31. The Kier molecular flexibility index (Phi) is 7.78. The maximum atomic E-state index is 12.1. The van der Waals surface area contributed by atoms with Gasteiger partial charge in [0.2, 0.25) is 5.89 Å². The summed E-state index contributed by atoms with van der Waals surface area (Å²) < 4.78 is 16.1. The molecule has 11 heteroatoms. The SMILES string of the molecule is CON=C(C(=O)OC)c1ccccc1C(S)c1nnc(COc2ccc(Cl)cc2Cl)o1. The van der Waals surface area contributed by atoms with Crippen LogP contribution in [0.4, 0.5) is 0 Å². The zero-order valence-electron chi connectivity index (χ0n) is 16.4. The van der Waals surface area contributed by atoms with E-state index >= 15 is 0 Å². The highest BCUT2D eigenvalue weighted by atomic mass is 35.5. The van der Waals surface area contributed by atoms with Gasteiger partial charge in [0.1, 0.15) is 18.1 Å². The largest absolute Gasteiger partial charge is 0.482 e. The lowest BCUT2D eigenvalue weighted by Gasteiger charge is -2.13. The summed E-state index contributed by atoms with van der Waals surface area (Å²) in [5.41, 5.74) is 1.05. The first-order valence-corrected chi connectivity index (χ1v) is 10.1. The second kappa shape index (κ2) is 10.5. The van der Waals surface area contributed by atoms with Crippen molar-refractivity contribution < 1.29 is 23.5 Å². The molecule has 0 amide bonds. The molecule has 0 aliphatic carbocycles. The van der Waals surface area contributed by atoms with E-state index in [9.17, 15) is 4.79 Å². The molecular weight excluding hydrogens is 465 g/mol. The van der Waals surface area contributed by atoms with Crippen molar-refractivity contribution >= 4 is 47.5 Å². The van der Waals surface area contributed by atoms with Crippen LogP contribution >= 0.6 is 35.8 Å². The minimum absolute atomic E-state index is 0.00492. The highest BCUT2D eigenvalue weighted by molar-refractivity contribution is 7.80. The topological polar surface area (TPSA) is 96.0 Å². The summed E-state index contributed by atoms with van der Waals surface area (Å²) in [5, 5.41) is 12.0. The minimum Gasteiger partial charge on any atom is -0.482 e. The molecule has 1 heterocycles. The number of nitrogens with zero attached hydrogens (tertiary/aromatic N) is 3. The number of thiol groups is 1. The van der Waals surface area contributed by atoms with Crippen LogP contribution in [0.25, 0.3) is 0 Å². The van der Waals surface area contributed by atoms with Gasteiger partial charge in [0.05, 0.1) is 12.1 Å². The van der Waals surface area contributed by atoms with E-state index in [1.165, 1.54) is 14.2 Å². The average molecular weight is 482 g/mol. The summed E-state index contributed by atoms with van der Waals surface area (Å²) in [6.07, 6.45) is 0. The number of methoxy groups -OCH3 is 1. The maximum Gasteiger partial charge on any atom is 0.360 e. The monoisotopic (exact) mass is 481 g/mol. The molecule has 0 bridgehead atoms. The molecule has 1 unspecified atom stereocenters. The van der Waals surface area contributed by atoms with Crippen LogP contribution in [0, 0.1) is 0 Å². The highest BCUT2D eigenvalue weighted by Gasteiger charge is 2.25. The Morgan fingerprint density at radius 3 is 2.68 bits per heavy atom. The first-order chi connectivity index (χ1) is 14.9. The van der Waals surface area contributed by atoms with Crippen molar-refractivity contribution in [1.29, 1.82) is 0 Å². The molecule has 0 saturated heterocycles. The molecule has 1 aromatic heterocycles. The number of hydrogen-bond donors (Lipinski definition) is 1. The van der Waals surface area contributed by atoms with Gasteiger partial charge in [-0.3, -0.25) is 0 Å². The molecule has 0 spiro atoms. The number of rotatable bonds is 8. The number of ether oxygens (including phenoxy) is 2. The van der Waals surface area contributed by atoms with Crippen molar-refractivity contribution in [2.45, 2.75) is 11.9 Å². The average Bonchev–Trinajstić information content (AvgIpc) is 3.25. The fraction of sp³-hybridized carbons (Fsp3) is 0.200. The van der Waals surface area contributed by atoms with E-state index in [-0.39, 0.29) is 24.1 Å². The standard InChI is InChI=1S/C20H17Cl2N3O5S/c1-27-20(26)17(25-28-2)12-5-3-4-6-13(12)18(31)19-24-23-16(30-19)10-29-15-8-7-11(21)9-14(15)22/h3-9,18,31H,10H2,1-2H3. The lowest BCUT2D eigenvalue weighted by atomic mass is 10.00. The molecule has 0 aliphatic rings. The molecule has 2 aromatic carbocycles. The predicted molar refractivity (Wildman–Crippen MR) is 118 cm³/mol. The summed E-state index contributed by atoms with van der Waals surface area (Å²) in [4.78, 5) is 16.9. The quantitative estimate of drug-likeness (QED) is 0.219. The van der Waals surface area contributed by atoms with E-state index in [1.807, 2.05) is 0 Å². The number of carbonyl (C=O) groups excluding carboxylic acids is 1. The summed E-state index contributed by atoms with van der Waals surface area (Å²) >= 11 is 16.6. The maximum absolute atomic E-state index is 12.1. The van der Waals surface area contributed by atoms with Crippen molar-refractivity contribution in [3.8, 4) is 5.75 Å². The molecule has 3 aromatic rings. The normalized spacial score (nSPS) is 12.4. The van der Waals surface area contributed by atoms with E-state index in [4.69, 9.17) is 41.9 Å². The van der Waals surface area contributed by atoms with Crippen LogP contribution in [-0.2, 0) is 21.0 Å². The molecule has 0 aliphatic heterocycles. The molecule has 31 heavy (non-hydrogen) atoms. The summed E-state index contributed by atoms with van der Waals surface area (Å²) in [5.74, 6) is 0.195. The predicted octanol–water partition coefficient (Wildman–Crippen LogP) is 4.50. The van der Waals surface area contributed by atoms with Crippen LogP contribution in [0.5, 0.6) is 5.75 Å². The van der Waals surface area contributed by atoms with Gasteiger partial charge in [-0.05, 0) is 23.8 Å². The number of benzene rings is 2. The van der Waals surface area contributed by atoms with Crippen LogP contribution in [0.2, 0.25) is 10.0 Å². The fourth-order valence-corrected chi connectivity index (χ4v) is 3.43. The first kappa shape index (κ1) is 22.9. The van der Waals surface area contributed by atoms with Crippen LogP contribution in [0.1, 0.15) is 28.2 Å². The number of esters is 1. The van der Waals surface area contributed by atoms with E-state index in [1.54, 1.807) is 42.5 Å². The van der Waals surface area contributed by atoms with Crippen LogP contribution < -0.4 is 4.74 Å². The Balaban J connectivity index is 1.82. The van der Waals surface area contributed by atoms with E-state index in [0.29, 0.717) is 26.9 Å². The first-order valence-electron chi connectivity index (χ1n) is 8.81. The van der Waals surface area contributed by atoms with Gasteiger partial charge >= 0.3 is 5.97 Å². The Morgan fingerprint density at radius 1 is 1.19 bits per heavy atom. The van der Waals surface area contributed by atoms with E-state index in [0.717, 1.165) is 0 Å². The Labute approximate surface area is 193 Å². The molecule has 8 nitrogen and oxygen atoms in total. The van der Waals surface area contributed by atoms with Gasteiger partial charge in [0.15, 0.2) is 12.3 Å². The van der Waals surface area contributed by atoms with Crippen molar-refractivity contribution in [1.82, 2.24) is 10.2 Å². The summed E-state index contributed by atoms with van der Waals surface area (Å²) in [6, 6.07) is 11.8. The number of aromatic nitrogens is 2. The molecule has 0 fully saturated rings. The molecular formula is C20H17Cl2N3O5S. The third-order valence-electron chi connectivity index (χ3n) is 4.03. The summed E-state index contributed by atoms with van der Waals surface area (Å²) in [7, 11) is 2.59. The third-order valence-corrected chi connectivity index (χ3v) is 5.06. The third kappa shape index (κ3) is 5.49. The number of halogens is 2. The zero-order valence-corrected chi connectivity index (χ0v) is 18.8. The fourth-order valence-electron chi connectivity index (χ4n) is 2.64. The molecule has 0 saturated carbocycles. The van der Waals surface area contributed by atoms with Gasteiger partial charge in [0.25, 0.3) is 5.89 Å².